The molecule has 36 valence electrons. The van der Waals surface area contributed by atoms with E-state index in [1.807, 2.05) is 0 Å². The van der Waals surface area contributed by atoms with E-state index in [2.05, 4.69) is 19.4 Å². The minimum atomic E-state index is 0. The molecule has 0 unspecified atom stereocenters. The molecule has 0 bridgehead atoms. The van der Waals surface area contributed by atoms with Crippen molar-refractivity contribution in [3.8, 4) is 0 Å². The first-order valence-corrected chi connectivity index (χ1v) is 1.88. The third kappa shape index (κ3) is 3.27. The Morgan fingerprint density at radius 3 is 2.00 bits per heavy atom. The molecule has 0 aliphatic heterocycles. The van der Waals surface area contributed by atoms with E-state index in [0.717, 1.165) is 0 Å². The van der Waals surface area contributed by atoms with Crippen LogP contribution in [0.4, 0.5) is 0 Å². The number of hydrogen-bond acceptors (Lipinski definition) is 0. The van der Waals surface area contributed by atoms with E-state index in [-0.39, 0.29) is 35.5 Å². The molecule has 0 saturated heterocycles. The standard InChI is InChI=1S/C5H7.ClH.Mg/c1-5-3-2-4-5;;/h2-3H,4H2,1H3;1H;/q-1;;+2/p-1. The molecule has 0 fully saturated rings. The summed E-state index contributed by atoms with van der Waals surface area (Å²) in [4.78, 5) is 0. The average molecular weight is 127 g/mol. The van der Waals surface area contributed by atoms with Crippen molar-refractivity contribution >= 4 is 23.1 Å². The Kier molecular flexibility index (Phi) is 7.30. The van der Waals surface area contributed by atoms with Crippen LogP contribution in [0.5, 0.6) is 0 Å². The van der Waals surface area contributed by atoms with E-state index in [9.17, 15) is 0 Å². The Morgan fingerprint density at radius 1 is 1.71 bits per heavy atom. The van der Waals surface area contributed by atoms with E-state index in [1.165, 1.54) is 12.0 Å². The van der Waals surface area contributed by atoms with Crippen LogP contribution < -0.4 is 12.4 Å². The normalized spacial score (nSPS) is 13.6. The Labute approximate surface area is 66.9 Å². The van der Waals surface area contributed by atoms with Gasteiger partial charge in [0.15, 0.2) is 0 Å². The first-order valence-electron chi connectivity index (χ1n) is 1.88. The summed E-state index contributed by atoms with van der Waals surface area (Å²) in [5, 5.41) is 0. The zero-order valence-electron chi connectivity index (χ0n) is 4.45. The topological polar surface area (TPSA) is 0 Å². The van der Waals surface area contributed by atoms with Gasteiger partial charge >= 0.3 is 23.1 Å². The van der Waals surface area contributed by atoms with E-state index in [4.69, 9.17) is 0 Å². The summed E-state index contributed by atoms with van der Waals surface area (Å²) < 4.78 is 0. The van der Waals surface area contributed by atoms with Crippen LogP contribution in [0.1, 0.15) is 13.3 Å². The predicted molar refractivity (Wildman–Crippen MR) is 28.4 cm³/mol. The molecular weight excluding hydrogens is 120 g/mol. The molecule has 0 atom stereocenters. The first-order chi connectivity index (χ1) is 2.39. The number of halogens is 1. The fourth-order valence-electron chi connectivity index (χ4n) is 0.354. The minimum absolute atomic E-state index is 0. The van der Waals surface area contributed by atoms with Crippen LogP contribution in [0.2, 0.25) is 0 Å². The zero-order valence-corrected chi connectivity index (χ0v) is 6.62. The molecule has 1 aliphatic carbocycles. The fourth-order valence-corrected chi connectivity index (χ4v) is 0.354. The summed E-state index contributed by atoms with van der Waals surface area (Å²) in [5.41, 5.74) is 1.50. The van der Waals surface area contributed by atoms with Crippen LogP contribution in [0.15, 0.2) is 11.6 Å². The minimum Gasteiger partial charge on any atom is -1.00 e. The molecule has 0 heterocycles. The summed E-state index contributed by atoms with van der Waals surface area (Å²) in [6.45, 7) is 2.14. The van der Waals surface area contributed by atoms with Gasteiger partial charge < -0.3 is 12.4 Å². The molecule has 0 amide bonds. The van der Waals surface area contributed by atoms with Gasteiger partial charge in [0, 0.05) is 0 Å². The predicted octanol–water partition coefficient (Wildman–Crippen LogP) is -1.84. The van der Waals surface area contributed by atoms with E-state index in [0.29, 0.717) is 0 Å². The fraction of sp³-hybridized carbons (Fsp3) is 0.400. The van der Waals surface area contributed by atoms with Gasteiger partial charge in [0.05, 0.1) is 0 Å². The van der Waals surface area contributed by atoms with Crippen molar-refractivity contribution in [1.29, 1.82) is 0 Å². The van der Waals surface area contributed by atoms with Crippen molar-refractivity contribution in [1.82, 2.24) is 0 Å². The van der Waals surface area contributed by atoms with Crippen LogP contribution in [0.3, 0.4) is 0 Å². The Balaban J connectivity index is 0. The monoisotopic (exact) mass is 126 g/mol. The molecule has 0 N–H and O–H groups in total. The van der Waals surface area contributed by atoms with Gasteiger partial charge in [-0.2, -0.15) is 0 Å². The maximum absolute atomic E-state index is 2.16. The van der Waals surface area contributed by atoms with Crippen LogP contribution in [0, 0.1) is 6.42 Å². The van der Waals surface area contributed by atoms with Gasteiger partial charge in [0.1, 0.15) is 0 Å². The summed E-state index contributed by atoms with van der Waals surface area (Å²) >= 11 is 0. The Hall–Kier alpha value is 0.666. The molecular formula is C5H7ClMg. The summed E-state index contributed by atoms with van der Waals surface area (Å²) in [7, 11) is 0. The molecule has 0 saturated carbocycles. The maximum Gasteiger partial charge on any atom is 2.00 e. The second-order valence-corrected chi connectivity index (χ2v) is 1.45. The van der Waals surface area contributed by atoms with Crippen LogP contribution in [-0.2, 0) is 0 Å². The molecule has 0 aromatic heterocycles. The summed E-state index contributed by atoms with van der Waals surface area (Å²) in [6.07, 6.45) is 5.52. The van der Waals surface area contributed by atoms with Crippen molar-refractivity contribution < 1.29 is 12.4 Å². The molecule has 0 radical (unpaired) electrons. The van der Waals surface area contributed by atoms with Crippen LogP contribution >= 0.6 is 0 Å². The number of hydrogen-bond donors (Lipinski definition) is 0. The van der Waals surface area contributed by atoms with E-state index < -0.39 is 0 Å². The van der Waals surface area contributed by atoms with Gasteiger partial charge in [0.25, 0.3) is 0 Å². The Bertz CT molecular complexity index is 68.5. The smallest absolute Gasteiger partial charge is 1.00 e. The molecule has 7 heavy (non-hydrogen) atoms. The maximum atomic E-state index is 2.16. The second kappa shape index (κ2) is 4.82. The molecule has 0 nitrogen and oxygen atoms in total. The SMILES string of the molecule is CC1=C[CH-]C1.[Cl-].[Mg+2]. The molecule has 1 rings (SSSR count). The van der Waals surface area contributed by atoms with Gasteiger partial charge in [-0.05, 0) is 0 Å². The summed E-state index contributed by atoms with van der Waals surface area (Å²) in [6, 6.07) is 0. The van der Waals surface area contributed by atoms with Crippen molar-refractivity contribution in [3.63, 3.8) is 0 Å². The van der Waals surface area contributed by atoms with Crippen molar-refractivity contribution in [2.45, 2.75) is 13.3 Å². The average Bonchev–Trinajstić information content (AvgIpc) is 1.30. The molecule has 2 heteroatoms. The zero-order chi connectivity index (χ0) is 3.70. The number of allylic oxidation sites excluding steroid dienone is 2. The van der Waals surface area contributed by atoms with Gasteiger partial charge in [-0.3, -0.25) is 0 Å². The Morgan fingerprint density at radius 2 is 2.00 bits per heavy atom. The van der Waals surface area contributed by atoms with Crippen molar-refractivity contribution in [2.24, 2.45) is 0 Å². The third-order valence-corrected chi connectivity index (χ3v) is 0.842. The molecule has 0 spiro atoms. The van der Waals surface area contributed by atoms with Crippen molar-refractivity contribution in [2.75, 3.05) is 0 Å². The quantitative estimate of drug-likeness (QED) is 0.265. The van der Waals surface area contributed by atoms with Gasteiger partial charge in [-0.1, -0.05) is 0 Å². The van der Waals surface area contributed by atoms with Gasteiger partial charge in [-0.25, -0.2) is 18.1 Å². The third-order valence-electron chi connectivity index (χ3n) is 0.842. The largest absolute Gasteiger partial charge is 2.00 e. The first kappa shape index (κ1) is 10.6. The molecule has 0 aromatic carbocycles. The van der Waals surface area contributed by atoms with Gasteiger partial charge in [-0.15, -0.1) is 13.3 Å². The van der Waals surface area contributed by atoms with E-state index in [1.54, 1.807) is 0 Å². The van der Waals surface area contributed by atoms with Crippen molar-refractivity contribution in [3.05, 3.63) is 18.1 Å². The van der Waals surface area contributed by atoms with Crippen LogP contribution in [-0.4, -0.2) is 23.1 Å². The molecule has 0 aromatic rings. The molecule has 1 aliphatic rings. The van der Waals surface area contributed by atoms with Crippen LogP contribution in [0.25, 0.3) is 0 Å². The van der Waals surface area contributed by atoms with Gasteiger partial charge in [0.2, 0.25) is 0 Å². The van der Waals surface area contributed by atoms with E-state index >= 15 is 0 Å². The second-order valence-electron chi connectivity index (χ2n) is 1.45. The number of rotatable bonds is 0. The summed E-state index contributed by atoms with van der Waals surface area (Å²) in [5.74, 6) is 0.